The van der Waals surface area contributed by atoms with E-state index in [2.05, 4.69) is 26.1 Å². The van der Waals surface area contributed by atoms with E-state index in [0.717, 1.165) is 6.54 Å². The smallest absolute Gasteiger partial charge is 0.0543 e. The maximum atomic E-state index is 5.29. The third-order valence-corrected chi connectivity index (χ3v) is 3.22. The summed E-state index contributed by atoms with van der Waals surface area (Å²) in [7, 11) is 1.80. The zero-order chi connectivity index (χ0) is 12.2. The number of methoxy groups -OCH3 is 1. The van der Waals surface area contributed by atoms with E-state index in [0.29, 0.717) is 12.1 Å². The molecule has 0 saturated carbocycles. The average molecular weight is 229 g/mol. The molecule has 16 heavy (non-hydrogen) atoms. The van der Waals surface area contributed by atoms with Crippen LogP contribution in [0, 0.1) is 0 Å². The Kier molecular flexibility index (Phi) is 11.3. The second-order valence-electron chi connectivity index (χ2n) is 4.73. The van der Waals surface area contributed by atoms with E-state index in [4.69, 9.17) is 4.74 Å². The van der Waals surface area contributed by atoms with Crippen molar-refractivity contribution in [3.63, 3.8) is 0 Å². The van der Waals surface area contributed by atoms with Crippen molar-refractivity contribution < 1.29 is 4.74 Å². The van der Waals surface area contributed by atoms with E-state index in [1.165, 1.54) is 44.9 Å². The molecule has 0 aromatic rings. The summed E-state index contributed by atoms with van der Waals surface area (Å²) >= 11 is 0. The van der Waals surface area contributed by atoms with Gasteiger partial charge in [-0.1, -0.05) is 39.5 Å². The maximum Gasteiger partial charge on any atom is 0.0543 e. The van der Waals surface area contributed by atoms with Crippen LogP contribution in [0.4, 0.5) is 0 Å². The monoisotopic (exact) mass is 229 g/mol. The molecule has 0 spiro atoms. The molecule has 1 N–H and O–H groups in total. The van der Waals surface area contributed by atoms with Gasteiger partial charge in [-0.3, -0.25) is 0 Å². The second-order valence-corrected chi connectivity index (χ2v) is 4.73. The van der Waals surface area contributed by atoms with Crippen molar-refractivity contribution in [1.82, 2.24) is 5.32 Å². The van der Waals surface area contributed by atoms with E-state index in [1.807, 2.05) is 0 Å². The van der Waals surface area contributed by atoms with Gasteiger partial charge < -0.3 is 10.1 Å². The quantitative estimate of drug-likeness (QED) is 0.545. The fourth-order valence-corrected chi connectivity index (χ4v) is 2.01. The van der Waals surface area contributed by atoms with Gasteiger partial charge in [0.1, 0.15) is 0 Å². The van der Waals surface area contributed by atoms with Crippen LogP contribution in [-0.4, -0.2) is 25.8 Å². The summed E-state index contributed by atoms with van der Waals surface area (Å²) in [4.78, 5) is 0. The van der Waals surface area contributed by atoms with Crippen molar-refractivity contribution in [1.29, 1.82) is 0 Å². The third kappa shape index (κ3) is 9.17. The van der Waals surface area contributed by atoms with Crippen LogP contribution in [0.3, 0.4) is 0 Å². The number of hydrogen-bond donors (Lipinski definition) is 1. The minimum atomic E-state index is 0.400. The van der Waals surface area contributed by atoms with Crippen molar-refractivity contribution >= 4 is 0 Å². The Balaban J connectivity index is 3.61. The summed E-state index contributed by atoms with van der Waals surface area (Å²) in [6.07, 6.45) is 9.60. The van der Waals surface area contributed by atoms with Crippen LogP contribution in [0.1, 0.15) is 65.7 Å². The van der Waals surface area contributed by atoms with Gasteiger partial charge in [-0.15, -0.1) is 0 Å². The predicted octanol–water partition coefficient (Wildman–Crippen LogP) is 3.75. The number of unbranched alkanes of at least 4 members (excludes halogenated alkanes) is 3. The van der Waals surface area contributed by atoms with Gasteiger partial charge in [-0.05, 0) is 32.7 Å². The molecule has 0 aromatic heterocycles. The lowest BCUT2D eigenvalue weighted by Gasteiger charge is -2.19. The van der Waals surface area contributed by atoms with Crippen LogP contribution in [0.2, 0.25) is 0 Å². The van der Waals surface area contributed by atoms with E-state index in [-0.39, 0.29) is 0 Å². The highest BCUT2D eigenvalue weighted by Gasteiger charge is 2.09. The van der Waals surface area contributed by atoms with Crippen LogP contribution in [-0.2, 0) is 4.74 Å². The summed E-state index contributed by atoms with van der Waals surface area (Å²) in [6, 6.07) is 0.694. The molecule has 0 saturated heterocycles. The van der Waals surface area contributed by atoms with Crippen LogP contribution >= 0.6 is 0 Å². The summed E-state index contributed by atoms with van der Waals surface area (Å²) in [5, 5.41) is 3.58. The number of ether oxygens (including phenoxy) is 1. The Morgan fingerprint density at radius 2 is 1.75 bits per heavy atom. The number of hydrogen-bond acceptors (Lipinski definition) is 2. The van der Waals surface area contributed by atoms with Crippen LogP contribution in [0.25, 0.3) is 0 Å². The maximum absolute atomic E-state index is 5.29. The second kappa shape index (κ2) is 11.4. The molecule has 0 aliphatic heterocycles. The molecule has 0 rings (SSSR count). The Morgan fingerprint density at radius 3 is 2.31 bits per heavy atom. The van der Waals surface area contributed by atoms with Crippen molar-refractivity contribution in [3.8, 4) is 0 Å². The Labute approximate surface area is 102 Å². The lowest BCUT2D eigenvalue weighted by molar-refractivity contribution is 0.105. The highest BCUT2D eigenvalue weighted by molar-refractivity contribution is 4.68. The molecule has 0 amide bonds. The summed E-state index contributed by atoms with van der Waals surface area (Å²) in [5.41, 5.74) is 0. The van der Waals surface area contributed by atoms with Crippen LogP contribution < -0.4 is 5.32 Å². The first-order valence-electron chi connectivity index (χ1n) is 7.00. The molecule has 0 radical (unpaired) electrons. The molecule has 0 heterocycles. The van der Waals surface area contributed by atoms with E-state index in [1.54, 1.807) is 7.11 Å². The molecular weight excluding hydrogens is 198 g/mol. The molecule has 2 unspecified atom stereocenters. The first-order valence-corrected chi connectivity index (χ1v) is 7.00. The molecule has 0 aromatic carbocycles. The molecule has 2 atom stereocenters. The van der Waals surface area contributed by atoms with Crippen molar-refractivity contribution in [2.75, 3.05) is 13.7 Å². The lowest BCUT2D eigenvalue weighted by Crippen LogP contribution is -2.29. The minimum Gasteiger partial charge on any atom is -0.382 e. The summed E-state index contributed by atoms with van der Waals surface area (Å²) in [6.45, 7) is 7.70. The third-order valence-electron chi connectivity index (χ3n) is 3.22. The van der Waals surface area contributed by atoms with Gasteiger partial charge in [0.25, 0.3) is 0 Å². The summed E-state index contributed by atoms with van der Waals surface area (Å²) in [5.74, 6) is 0. The first kappa shape index (κ1) is 15.9. The predicted molar refractivity (Wildman–Crippen MR) is 71.9 cm³/mol. The average Bonchev–Trinajstić information content (AvgIpc) is 2.30. The summed E-state index contributed by atoms with van der Waals surface area (Å²) < 4.78 is 5.29. The number of nitrogens with one attached hydrogen (secondary N) is 1. The molecule has 2 nitrogen and oxygen atoms in total. The molecule has 2 heteroatoms. The van der Waals surface area contributed by atoms with Gasteiger partial charge >= 0.3 is 0 Å². The standard InChI is InChI=1S/C14H31NO/c1-5-7-8-9-10-14(15-6-2)12-11-13(3)16-4/h13-15H,5-12H2,1-4H3. The van der Waals surface area contributed by atoms with E-state index < -0.39 is 0 Å². The van der Waals surface area contributed by atoms with Gasteiger partial charge in [0, 0.05) is 13.2 Å². The first-order chi connectivity index (χ1) is 7.74. The van der Waals surface area contributed by atoms with E-state index in [9.17, 15) is 0 Å². The van der Waals surface area contributed by atoms with E-state index >= 15 is 0 Å². The fourth-order valence-electron chi connectivity index (χ4n) is 2.01. The minimum absolute atomic E-state index is 0.400. The largest absolute Gasteiger partial charge is 0.382 e. The fraction of sp³-hybridized carbons (Fsp3) is 1.00. The lowest BCUT2D eigenvalue weighted by atomic mass is 10.0. The molecule has 0 aliphatic carbocycles. The van der Waals surface area contributed by atoms with Gasteiger partial charge in [-0.25, -0.2) is 0 Å². The Bertz CT molecular complexity index is 139. The molecule has 0 aliphatic rings. The van der Waals surface area contributed by atoms with Gasteiger partial charge in [0.2, 0.25) is 0 Å². The van der Waals surface area contributed by atoms with Crippen molar-refractivity contribution in [3.05, 3.63) is 0 Å². The van der Waals surface area contributed by atoms with Crippen LogP contribution in [0.15, 0.2) is 0 Å². The topological polar surface area (TPSA) is 21.3 Å². The molecule has 98 valence electrons. The van der Waals surface area contributed by atoms with Crippen LogP contribution in [0.5, 0.6) is 0 Å². The Morgan fingerprint density at radius 1 is 1.00 bits per heavy atom. The van der Waals surface area contributed by atoms with Gasteiger partial charge in [-0.2, -0.15) is 0 Å². The van der Waals surface area contributed by atoms with Crippen molar-refractivity contribution in [2.24, 2.45) is 0 Å². The zero-order valence-corrected chi connectivity index (χ0v) is 11.7. The molecule has 0 fully saturated rings. The molecular formula is C14H31NO. The normalized spacial score (nSPS) is 15.0. The van der Waals surface area contributed by atoms with Gasteiger partial charge in [0.15, 0.2) is 0 Å². The SMILES string of the molecule is CCCCCCC(CCC(C)OC)NCC. The highest BCUT2D eigenvalue weighted by Crippen LogP contribution is 2.11. The highest BCUT2D eigenvalue weighted by atomic mass is 16.5. The molecule has 0 bridgehead atoms. The zero-order valence-electron chi connectivity index (χ0n) is 11.7. The van der Waals surface area contributed by atoms with Gasteiger partial charge in [0.05, 0.1) is 6.10 Å². The van der Waals surface area contributed by atoms with Crippen molar-refractivity contribution in [2.45, 2.75) is 77.9 Å². The Hall–Kier alpha value is -0.0800. The number of rotatable bonds is 11.